The van der Waals surface area contributed by atoms with E-state index in [1.54, 1.807) is 16.0 Å². The number of rotatable bonds is 4. The highest BCUT2D eigenvalue weighted by Gasteiger charge is 2.10. The van der Waals surface area contributed by atoms with E-state index in [4.69, 9.17) is 4.52 Å². The van der Waals surface area contributed by atoms with Gasteiger partial charge in [0.2, 0.25) is 11.7 Å². The van der Waals surface area contributed by atoms with Gasteiger partial charge in [0.15, 0.2) is 0 Å². The van der Waals surface area contributed by atoms with Gasteiger partial charge in [0.1, 0.15) is 6.54 Å². The van der Waals surface area contributed by atoms with Crippen LogP contribution in [0.3, 0.4) is 0 Å². The lowest BCUT2D eigenvalue weighted by Gasteiger charge is -1.91. The standard InChI is InChI=1S/C10H8BrN5OS/c11-4-7-5-16(15-13-7)6-9-12-10(14-17-9)8-2-1-3-18-8/h1-3,5H,4,6H2. The molecule has 0 saturated heterocycles. The molecular formula is C10H8BrN5OS. The normalized spacial score (nSPS) is 10.9. The molecule has 0 saturated carbocycles. The predicted molar refractivity (Wildman–Crippen MR) is 69.4 cm³/mol. The minimum Gasteiger partial charge on any atom is -0.337 e. The monoisotopic (exact) mass is 325 g/mol. The van der Waals surface area contributed by atoms with Gasteiger partial charge in [0.05, 0.1) is 10.6 Å². The summed E-state index contributed by atoms with van der Waals surface area (Å²) in [6, 6.07) is 3.91. The number of hydrogen-bond donors (Lipinski definition) is 0. The predicted octanol–water partition coefficient (Wildman–Crippen LogP) is 2.33. The Balaban J connectivity index is 1.77. The summed E-state index contributed by atoms with van der Waals surface area (Å²) in [4.78, 5) is 5.31. The molecule has 0 aliphatic heterocycles. The summed E-state index contributed by atoms with van der Waals surface area (Å²) in [6.07, 6.45) is 1.84. The summed E-state index contributed by atoms with van der Waals surface area (Å²) in [5.74, 6) is 1.13. The van der Waals surface area contributed by atoms with Gasteiger partial charge in [0, 0.05) is 11.5 Å². The zero-order chi connectivity index (χ0) is 12.4. The molecule has 0 aliphatic rings. The Hall–Kier alpha value is -1.54. The van der Waals surface area contributed by atoms with Crippen LogP contribution in [-0.4, -0.2) is 25.1 Å². The Kier molecular flexibility index (Phi) is 3.20. The van der Waals surface area contributed by atoms with Crippen molar-refractivity contribution in [1.29, 1.82) is 0 Å². The van der Waals surface area contributed by atoms with Gasteiger partial charge in [-0.1, -0.05) is 32.4 Å². The number of thiophene rings is 1. The van der Waals surface area contributed by atoms with E-state index in [0.29, 0.717) is 23.6 Å². The molecule has 0 fully saturated rings. The molecule has 3 rings (SSSR count). The lowest BCUT2D eigenvalue weighted by atomic mass is 10.4. The Labute approximate surface area is 115 Å². The molecule has 0 spiro atoms. The van der Waals surface area contributed by atoms with Crippen LogP contribution in [0.2, 0.25) is 0 Å². The first-order chi connectivity index (χ1) is 8.85. The molecule has 3 aromatic rings. The molecule has 0 aromatic carbocycles. The van der Waals surface area contributed by atoms with Crippen molar-refractivity contribution in [3.05, 3.63) is 35.3 Å². The largest absolute Gasteiger partial charge is 0.337 e. The van der Waals surface area contributed by atoms with Crippen molar-refractivity contribution in [2.45, 2.75) is 11.9 Å². The zero-order valence-electron chi connectivity index (χ0n) is 9.15. The summed E-state index contributed by atoms with van der Waals surface area (Å²) >= 11 is 4.90. The van der Waals surface area contributed by atoms with Crippen LogP contribution in [0.1, 0.15) is 11.6 Å². The first-order valence-electron chi connectivity index (χ1n) is 5.16. The van der Waals surface area contributed by atoms with Crippen LogP contribution in [0.5, 0.6) is 0 Å². The van der Waals surface area contributed by atoms with Gasteiger partial charge in [-0.25, -0.2) is 4.68 Å². The quantitative estimate of drug-likeness (QED) is 0.688. The van der Waals surface area contributed by atoms with Crippen molar-refractivity contribution in [2.24, 2.45) is 0 Å². The first-order valence-corrected chi connectivity index (χ1v) is 7.16. The topological polar surface area (TPSA) is 69.6 Å². The molecule has 0 amide bonds. The summed E-state index contributed by atoms with van der Waals surface area (Å²) < 4.78 is 6.85. The van der Waals surface area contributed by atoms with Crippen molar-refractivity contribution in [2.75, 3.05) is 0 Å². The fourth-order valence-corrected chi connectivity index (χ4v) is 2.35. The van der Waals surface area contributed by atoms with E-state index in [9.17, 15) is 0 Å². The van der Waals surface area contributed by atoms with Crippen molar-refractivity contribution in [3.63, 3.8) is 0 Å². The van der Waals surface area contributed by atoms with Crippen LogP contribution < -0.4 is 0 Å². The summed E-state index contributed by atoms with van der Waals surface area (Å²) in [5.41, 5.74) is 0.869. The van der Waals surface area contributed by atoms with E-state index < -0.39 is 0 Å². The molecular weight excluding hydrogens is 318 g/mol. The average Bonchev–Trinajstić information content (AvgIpc) is 3.10. The van der Waals surface area contributed by atoms with Crippen molar-refractivity contribution in [3.8, 4) is 10.7 Å². The lowest BCUT2D eigenvalue weighted by molar-refractivity contribution is 0.364. The molecule has 8 heteroatoms. The maximum absolute atomic E-state index is 5.18. The highest BCUT2D eigenvalue weighted by atomic mass is 79.9. The van der Waals surface area contributed by atoms with Crippen molar-refractivity contribution < 1.29 is 4.52 Å². The molecule has 0 radical (unpaired) electrons. The van der Waals surface area contributed by atoms with Gasteiger partial charge >= 0.3 is 0 Å². The number of hydrogen-bond acceptors (Lipinski definition) is 6. The van der Waals surface area contributed by atoms with Crippen LogP contribution in [-0.2, 0) is 11.9 Å². The van der Waals surface area contributed by atoms with E-state index in [1.807, 2.05) is 23.7 Å². The molecule has 0 unspecified atom stereocenters. The molecule has 92 valence electrons. The van der Waals surface area contributed by atoms with E-state index in [1.165, 1.54) is 0 Å². The lowest BCUT2D eigenvalue weighted by Crippen LogP contribution is -2.00. The van der Waals surface area contributed by atoms with Gasteiger partial charge in [-0.15, -0.1) is 16.4 Å². The second-order valence-electron chi connectivity index (χ2n) is 3.53. The van der Waals surface area contributed by atoms with Crippen LogP contribution in [0.4, 0.5) is 0 Å². The van der Waals surface area contributed by atoms with Gasteiger partial charge < -0.3 is 4.52 Å². The molecule has 6 nitrogen and oxygen atoms in total. The van der Waals surface area contributed by atoms with Crippen molar-refractivity contribution in [1.82, 2.24) is 25.1 Å². The molecule has 0 bridgehead atoms. The SMILES string of the molecule is BrCc1cn(Cc2nc(-c3cccs3)no2)nn1. The Morgan fingerprint density at radius 1 is 1.44 bits per heavy atom. The smallest absolute Gasteiger partial charge is 0.248 e. The fourth-order valence-electron chi connectivity index (χ4n) is 1.44. The third kappa shape index (κ3) is 2.34. The second-order valence-corrected chi connectivity index (χ2v) is 5.04. The Morgan fingerprint density at radius 3 is 3.11 bits per heavy atom. The zero-order valence-corrected chi connectivity index (χ0v) is 11.6. The molecule has 0 aliphatic carbocycles. The summed E-state index contributed by atoms with van der Waals surface area (Å²) in [7, 11) is 0. The van der Waals surface area contributed by atoms with E-state index in [0.717, 1.165) is 10.6 Å². The Bertz CT molecular complexity index is 632. The van der Waals surface area contributed by atoms with Crippen LogP contribution in [0.25, 0.3) is 10.7 Å². The molecule has 3 heterocycles. The van der Waals surface area contributed by atoms with Crippen LogP contribution in [0.15, 0.2) is 28.2 Å². The van der Waals surface area contributed by atoms with E-state index >= 15 is 0 Å². The third-order valence-electron chi connectivity index (χ3n) is 2.23. The maximum atomic E-state index is 5.18. The van der Waals surface area contributed by atoms with Crippen molar-refractivity contribution >= 4 is 27.3 Å². The van der Waals surface area contributed by atoms with Gasteiger partial charge in [-0.2, -0.15) is 4.98 Å². The third-order valence-corrected chi connectivity index (χ3v) is 3.67. The first kappa shape index (κ1) is 11.5. The number of alkyl halides is 1. The minimum atomic E-state index is 0.429. The molecule has 0 N–H and O–H groups in total. The summed E-state index contributed by atoms with van der Waals surface area (Å²) in [5, 5.41) is 14.5. The van der Waals surface area contributed by atoms with Gasteiger partial charge in [-0.3, -0.25) is 0 Å². The van der Waals surface area contributed by atoms with E-state index in [2.05, 4.69) is 36.4 Å². The maximum Gasteiger partial charge on any atom is 0.248 e. The summed E-state index contributed by atoms with van der Waals surface area (Å²) in [6.45, 7) is 0.429. The number of halogens is 1. The highest BCUT2D eigenvalue weighted by molar-refractivity contribution is 9.08. The van der Waals surface area contributed by atoms with E-state index in [-0.39, 0.29) is 0 Å². The highest BCUT2D eigenvalue weighted by Crippen LogP contribution is 2.21. The fraction of sp³-hybridized carbons (Fsp3) is 0.200. The van der Waals surface area contributed by atoms with Crippen LogP contribution in [0, 0.1) is 0 Å². The second kappa shape index (κ2) is 4.99. The molecule has 18 heavy (non-hydrogen) atoms. The Morgan fingerprint density at radius 2 is 2.39 bits per heavy atom. The van der Waals surface area contributed by atoms with Gasteiger partial charge in [0.25, 0.3) is 0 Å². The average molecular weight is 326 g/mol. The molecule has 0 atom stereocenters. The van der Waals surface area contributed by atoms with Gasteiger partial charge in [-0.05, 0) is 11.4 Å². The number of aromatic nitrogens is 5. The molecule has 3 aromatic heterocycles. The minimum absolute atomic E-state index is 0.429. The van der Waals surface area contributed by atoms with Crippen LogP contribution >= 0.6 is 27.3 Å². The number of nitrogens with zero attached hydrogens (tertiary/aromatic N) is 5.